The Hall–Kier alpha value is -1.87. The van der Waals surface area contributed by atoms with E-state index < -0.39 is 15.2 Å². The molecule has 1 aromatic heterocycles. The number of hydrogen-bond acceptors (Lipinski definition) is 6. The summed E-state index contributed by atoms with van der Waals surface area (Å²) in [7, 11) is -3.69. The molecule has 1 saturated heterocycles. The molecule has 0 aliphatic carbocycles. The summed E-state index contributed by atoms with van der Waals surface area (Å²) < 4.78 is 34.4. The number of amidine groups is 1. The molecule has 4 rings (SSSR count). The lowest BCUT2D eigenvalue weighted by Crippen LogP contribution is -2.46. The van der Waals surface area contributed by atoms with E-state index in [1.807, 2.05) is 15.5 Å². The molecule has 0 radical (unpaired) electrons. The fourth-order valence-electron chi connectivity index (χ4n) is 3.74. The first-order valence-corrected chi connectivity index (χ1v) is 11.2. The van der Waals surface area contributed by atoms with Crippen molar-refractivity contribution in [1.29, 1.82) is 0 Å². The quantitative estimate of drug-likeness (QED) is 0.720. The van der Waals surface area contributed by atoms with Gasteiger partial charge in [-0.2, -0.15) is 0 Å². The molecule has 3 heterocycles. The molecule has 2 aliphatic heterocycles. The Morgan fingerprint density at radius 1 is 1.36 bits per heavy atom. The lowest BCUT2D eigenvalue weighted by molar-refractivity contribution is 0.0374. The molecule has 1 N–H and O–H groups in total. The third-order valence-corrected chi connectivity index (χ3v) is 7.40. The highest BCUT2D eigenvalue weighted by molar-refractivity contribution is 7.92. The normalized spacial score (nSPS) is 19.4. The molecule has 0 bridgehead atoms. The van der Waals surface area contributed by atoms with Gasteiger partial charge in [-0.1, -0.05) is 17.7 Å². The Labute approximate surface area is 169 Å². The predicted molar refractivity (Wildman–Crippen MR) is 111 cm³/mol. The van der Waals surface area contributed by atoms with Gasteiger partial charge < -0.3 is 14.6 Å². The number of nitrogens with one attached hydrogen (secondary N) is 1. The summed E-state index contributed by atoms with van der Waals surface area (Å²) in [4.78, 5) is 6.58. The van der Waals surface area contributed by atoms with E-state index in [0.717, 1.165) is 24.4 Å². The fourth-order valence-corrected chi connectivity index (χ4v) is 5.78. The first-order chi connectivity index (χ1) is 13.5. The molecule has 150 valence electrons. The van der Waals surface area contributed by atoms with E-state index in [4.69, 9.17) is 16.3 Å². The van der Waals surface area contributed by atoms with Crippen LogP contribution in [0.1, 0.15) is 0 Å². The van der Waals surface area contributed by atoms with Crippen LogP contribution in [0.5, 0.6) is 0 Å². The van der Waals surface area contributed by atoms with E-state index in [-0.39, 0.29) is 4.90 Å². The maximum atomic E-state index is 13.6. The average molecular weight is 423 g/mol. The minimum atomic E-state index is -3.69. The van der Waals surface area contributed by atoms with E-state index in [0.29, 0.717) is 43.3 Å². The molecule has 28 heavy (non-hydrogen) atoms. The third-order valence-electron chi connectivity index (χ3n) is 5.10. The Kier molecular flexibility index (Phi) is 5.46. The van der Waals surface area contributed by atoms with Gasteiger partial charge in [-0.25, -0.2) is 8.42 Å². The largest absolute Gasteiger partial charge is 0.379 e. The fraction of sp³-hybridized carbons (Fsp3) is 0.421. The summed E-state index contributed by atoms with van der Waals surface area (Å²) in [6.07, 6.45) is 3.19. The minimum Gasteiger partial charge on any atom is -0.379 e. The highest BCUT2D eigenvalue weighted by Crippen LogP contribution is 2.32. The lowest BCUT2D eigenvalue weighted by Gasteiger charge is -2.32. The summed E-state index contributed by atoms with van der Waals surface area (Å²) in [6, 6.07) is 5.33. The standard InChI is InChI=1S/C19H23ClN4O3S/c1-2-19(23-7-9-27-10-8-23)28(25,26)17-12-24(13-18-21-5-6-22-18)16-4-3-14(20)11-15(16)17/h2-4,11-12,19H,1,5-10,13H2,(H,21,22). The van der Waals surface area contributed by atoms with Gasteiger partial charge in [-0.3, -0.25) is 9.89 Å². The molecule has 1 fully saturated rings. The topological polar surface area (TPSA) is 75.9 Å². The molecule has 1 unspecified atom stereocenters. The van der Waals surface area contributed by atoms with Crippen LogP contribution < -0.4 is 5.32 Å². The number of sulfone groups is 1. The molecule has 0 amide bonds. The number of hydrogen-bond donors (Lipinski definition) is 1. The van der Waals surface area contributed by atoms with Gasteiger partial charge in [0.15, 0.2) is 9.84 Å². The monoisotopic (exact) mass is 422 g/mol. The Morgan fingerprint density at radius 2 is 2.14 bits per heavy atom. The summed E-state index contributed by atoms with van der Waals surface area (Å²) >= 11 is 6.20. The van der Waals surface area contributed by atoms with E-state index in [1.54, 1.807) is 18.3 Å². The Morgan fingerprint density at radius 3 is 2.82 bits per heavy atom. The molecule has 0 saturated carbocycles. The molecule has 2 aliphatic rings. The van der Waals surface area contributed by atoms with Crippen LogP contribution in [0.4, 0.5) is 0 Å². The maximum Gasteiger partial charge on any atom is 0.200 e. The van der Waals surface area contributed by atoms with Crippen LogP contribution in [-0.4, -0.2) is 68.5 Å². The van der Waals surface area contributed by atoms with Crippen LogP contribution in [0.2, 0.25) is 5.02 Å². The molecular formula is C19H23ClN4O3S. The minimum absolute atomic E-state index is 0.264. The van der Waals surface area contributed by atoms with Crippen molar-refractivity contribution in [3.63, 3.8) is 0 Å². The second-order valence-corrected chi connectivity index (χ2v) is 9.31. The molecule has 1 atom stereocenters. The van der Waals surface area contributed by atoms with Crippen molar-refractivity contribution in [3.8, 4) is 0 Å². The molecule has 9 heteroatoms. The van der Waals surface area contributed by atoms with Crippen molar-refractivity contribution in [1.82, 2.24) is 14.8 Å². The van der Waals surface area contributed by atoms with Gasteiger partial charge in [-0.15, -0.1) is 6.58 Å². The van der Waals surface area contributed by atoms with Crippen LogP contribution in [-0.2, 0) is 21.1 Å². The van der Waals surface area contributed by atoms with Gasteiger partial charge in [0.2, 0.25) is 0 Å². The molecule has 0 spiro atoms. The SMILES string of the molecule is C=CC(N1CCOCC1)S(=O)(=O)c1cn(CC2=NCCN2)c2ccc(Cl)cc12. The summed E-state index contributed by atoms with van der Waals surface area (Å²) in [5.74, 6) is 0.851. The highest BCUT2D eigenvalue weighted by atomic mass is 35.5. The first-order valence-electron chi connectivity index (χ1n) is 9.24. The number of aromatic nitrogens is 1. The summed E-state index contributed by atoms with van der Waals surface area (Å²) in [5, 5.41) is 3.54. The number of fused-ring (bicyclic) bond motifs is 1. The average Bonchev–Trinajstić information content (AvgIpc) is 3.31. The smallest absolute Gasteiger partial charge is 0.200 e. The second-order valence-electron chi connectivity index (χ2n) is 6.86. The lowest BCUT2D eigenvalue weighted by atomic mass is 10.2. The second kappa shape index (κ2) is 7.87. The maximum absolute atomic E-state index is 13.6. The first kappa shape index (κ1) is 19.4. The van der Waals surface area contributed by atoms with Crippen molar-refractivity contribution in [3.05, 3.63) is 42.1 Å². The highest BCUT2D eigenvalue weighted by Gasteiger charge is 2.34. The zero-order valence-corrected chi connectivity index (χ0v) is 17.0. The number of morpholine rings is 1. The van der Waals surface area contributed by atoms with Gasteiger partial charge in [-0.05, 0) is 18.2 Å². The van der Waals surface area contributed by atoms with Crippen LogP contribution in [0.15, 0.2) is 46.9 Å². The van der Waals surface area contributed by atoms with Crippen LogP contribution in [0, 0.1) is 0 Å². The van der Waals surface area contributed by atoms with Gasteiger partial charge in [0.1, 0.15) is 11.2 Å². The molecule has 7 nitrogen and oxygen atoms in total. The summed E-state index contributed by atoms with van der Waals surface area (Å²) in [6.45, 7) is 7.95. The Bertz CT molecular complexity index is 1030. The van der Waals surface area contributed by atoms with Crippen molar-refractivity contribution in [2.75, 3.05) is 39.4 Å². The number of nitrogens with zero attached hydrogens (tertiary/aromatic N) is 3. The van der Waals surface area contributed by atoms with Gasteiger partial charge in [0, 0.05) is 41.8 Å². The van der Waals surface area contributed by atoms with E-state index in [9.17, 15) is 8.42 Å². The number of rotatable bonds is 6. The number of ether oxygens (including phenoxy) is 1. The van der Waals surface area contributed by atoms with Crippen molar-refractivity contribution in [2.24, 2.45) is 4.99 Å². The van der Waals surface area contributed by atoms with Gasteiger partial charge in [0.05, 0.1) is 31.2 Å². The number of benzene rings is 1. The number of aliphatic imine (C=N–C) groups is 1. The van der Waals surface area contributed by atoms with Crippen molar-refractivity contribution in [2.45, 2.75) is 16.8 Å². The zero-order valence-electron chi connectivity index (χ0n) is 15.5. The van der Waals surface area contributed by atoms with Crippen LogP contribution >= 0.6 is 11.6 Å². The van der Waals surface area contributed by atoms with Gasteiger partial charge in [0.25, 0.3) is 0 Å². The molecule has 2 aromatic rings. The van der Waals surface area contributed by atoms with Crippen molar-refractivity contribution < 1.29 is 13.2 Å². The third kappa shape index (κ3) is 3.57. The van der Waals surface area contributed by atoms with E-state index in [1.165, 1.54) is 6.08 Å². The Balaban J connectivity index is 1.79. The molecule has 1 aromatic carbocycles. The van der Waals surface area contributed by atoms with Crippen LogP contribution in [0.25, 0.3) is 10.9 Å². The van der Waals surface area contributed by atoms with Gasteiger partial charge >= 0.3 is 0 Å². The van der Waals surface area contributed by atoms with E-state index in [2.05, 4.69) is 16.9 Å². The number of halogens is 1. The molecular weight excluding hydrogens is 400 g/mol. The summed E-state index contributed by atoms with van der Waals surface area (Å²) in [5.41, 5.74) is 0.809. The van der Waals surface area contributed by atoms with Crippen LogP contribution in [0.3, 0.4) is 0 Å². The predicted octanol–water partition coefficient (Wildman–Crippen LogP) is 1.91. The van der Waals surface area contributed by atoms with E-state index >= 15 is 0 Å². The zero-order chi connectivity index (χ0) is 19.7. The van der Waals surface area contributed by atoms with Crippen molar-refractivity contribution >= 4 is 38.2 Å².